The summed E-state index contributed by atoms with van der Waals surface area (Å²) in [6.07, 6.45) is 1.52. The Kier molecular flexibility index (Phi) is 3.11. The van der Waals surface area contributed by atoms with Crippen LogP contribution in [0.15, 0.2) is 0 Å². The van der Waals surface area contributed by atoms with Crippen molar-refractivity contribution in [1.29, 1.82) is 0 Å². The van der Waals surface area contributed by atoms with Gasteiger partial charge in [-0.3, -0.25) is 0 Å². The summed E-state index contributed by atoms with van der Waals surface area (Å²) < 4.78 is 1.11. The molecule has 1 fully saturated rings. The van der Waals surface area contributed by atoms with E-state index >= 15 is 0 Å². The van der Waals surface area contributed by atoms with Gasteiger partial charge in [0.15, 0.2) is 0 Å². The summed E-state index contributed by atoms with van der Waals surface area (Å²) in [5.74, 6) is 0. The van der Waals surface area contributed by atoms with Gasteiger partial charge in [-0.25, -0.2) is 0 Å². The van der Waals surface area contributed by atoms with Gasteiger partial charge in [-0.05, 0) is 0 Å². The first kappa shape index (κ1) is 8.14. The number of rotatable bonds is 0. The van der Waals surface area contributed by atoms with Gasteiger partial charge in [-0.2, -0.15) is 0 Å². The molecular formula is C7H14Se2. The molecule has 54 valence electrons. The molecule has 1 aliphatic rings. The van der Waals surface area contributed by atoms with Gasteiger partial charge >= 0.3 is 70.5 Å². The van der Waals surface area contributed by atoms with E-state index in [2.05, 4.69) is 20.8 Å². The average molecular weight is 256 g/mol. The topological polar surface area (TPSA) is 0 Å². The van der Waals surface area contributed by atoms with Crippen LogP contribution in [0.1, 0.15) is 27.2 Å². The minimum absolute atomic E-state index is 0.979. The molecule has 0 saturated carbocycles. The van der Waals surface area contributed by atoms with Crippen molar-refractivity contribution in [2.45, 2.75) is 40.5 Å². The van der Waals surface area contributed by atoms with E-state index in [-0.39, 0.29) is 0 Å². The fraction of sp³-hybridized carbons (Fsp3) is 1.00. The second kappa shape index (κ2) is 3.44. The van der Waals surface area contributed by atoms with E-state index in [1.54, 1.807) is 0 Å². The zero-order valence-electron chi connectivity index (χ0n) is 6.26. The van der Waals surface area contributed by atoms with Crippen molar-refractivity contribution < 1.29 is 0 Å². The van der Waals surface area contributed by atoms with Crippen LogP contribution in [0.3, 0.4) is 0 Å². The van der Waals surface area contributed by atoms with Gasteiger partial charge in [-0.15, -0.1) is 0 Å². The fourth-order valence-corrected chi connectivity index (χ4v) is 11.3. The summed E-state index contributed by atoms with van der Waals surface area (Å²) in [4.78, 5) is 2.14. The average Bonchev–Trinajstić information content (AvgIpc) is 1.59. The Morgan fingerprint density at radius 1 is 1.00 bits per heavy atom. The van der Waals surface area contributed by atoms with Gasteiger partial charge in [0.05, 0.1) is 0 Å². The Hall–Kier alpha value is 1.04. The molecule has 1 rings (SSSR count). The van der Waals surface area contributed by atoms with Crippen molar-refractivity contribution in [3.63, 3.8) is 0 Å². The standard InChI is InChI=1S/C7H14Se2/c1-5-4-6(2)9-7(3)8-5/h5-7H,4H2,1-3H3/t5-,6+,7?. The first-order valence-corrected chi connectivity index (χ1v) is 7.45. The molecule has 0 aromatic heterocycles. The molecule has 0 aliphatic carbocycles. The molecule has 2 heteroatoms. The Morgan fingerprint density at radius 2 is 1.44 bits per heavy atom. The second-order valence-corrected chi connectivity index (χ2v) is 11.7. The SMILES string of the molecule is CC1[Se][C@H](C)C[C@H](C)[Se]1. The first-order chi connectivity index (χ1) is 4.18. The Bertz CT molecular complexity index is 67.9. The second-order valence-electron chi connectivity index (χ2n) is 2.70. The normalized spacial score (nSPS) is 45.0. The third-order valence-corrected chi connectivity index (χ3v) is 8.30. The summed E-state index contributed by atoms with van der Waals surface area (Å²) >= 11 is 1.96. The Morgan fingerprint density at radius 3 is 1.78 bits per heavy atom. The molecule has 1 aliphatic heterocycles. The zero-order chi connectivity index (χ0) is 6.85. The molecule has 9 heavy (non-hydrogen) atoms. The zero-order valence-corrected chi connectivity index (χ0v) is 9.68. The first-order valence-electron chi connectivity index (χ1n) is 3.49. The van der Waals surface area contributed by atoms with Gasteiger partial charge < -0.3 is 0 Å². The predicted molar refractivity (Wildman–Crippen MR) is 44.4 cm³/mol. The van der Waals surface area contributed by atoms with Crippen molar-refractivity contribution in [1.82, 2.24) is 0 Å². The van der Waals surface area contributed by atoms with Crippen molar-refractivity contribution in [3.05, 3.63) is 0 Å². The molecule has 1 saturated heterocycles. The molecule has 0 aromatic rings. The molecule has 3 atom stereocenters. The van der Waals surface area contributed by atoms with Gasteiger partial charge in [0.1, 0.15) is 0 Å². The summed E-state index contributed by atoms with van der Waals surface area (Å²) in [5.41, 5.74) is 0. The van der Waals surface area contributed by atoms with Crippen molar-refractivity contribution >= 4 is 29.9 Å². The van der Waals surface area contributed by atoms with E-state index in [0.717, 1.165) is 43.3 Å². The van der Waals surface area contributed by atoms with Crippen LogP contribution in [0.2, 0.25) is 13.3 Å². The van der Waals surface area contributed by atoms with E-state index in [4.69, 9.17) is 0 Å². The summed E-state index contributed by atoms with van der Waals surface area (Å²) in [5, 5.41) is 0. The van der Waals surface area contributed by atoms with E-state index in [1.165, 1.54) is 6.42 Å². The molecule has 1 heterocycles. The van der Waals surface area contributed by atoms with Crippen molar-refractivity contribution in [2.75, 3.05) is 0 Å². The summed E-state index contributed by atoms with van der Waals surface area (Å²) in [6.45, 7) is 7.27. The van der Waals surface area contributed by atoms with E-state index < -0.39 is 0 Å². The molecule has 0 bridgehead atoms. The van der Waals surface area contributed by atoms with Crippen LogP contribution < -0.4 is 0 Å². The predicted octanol–water partition coefficient (Wildman–Crippen LogP) is 2.18. The van der Waals surface area contributed by atoms with Gasteiger partial charge in [0.25, 0.3) is 0 Å². The van der Waals surface area contributed by atoms with Gasteiger partial charge in [-0.1, -0.05) is 0 Å². The van der Waals surface area contributed by atoms with Crippen molar-refractivity contribution in [2.24, 2.45) is 0 Å². The molecule has 0 nitrogen and oxygen atoms in total. The number of hydrogen-bond acceptors (Lipinski definition) is 0. The quantitative estimate of drug-likeness (QED) is 0.583. The molecule has 0 spiro atoms. The molecule has 0 aromatic carbocycles. The van der Waals surface area contributed by atoms with E-state index in [1.807, 2.05) is 0 Å². The maximum atomic E-state index is 2.44. The molecule has 1 unspecified atom stereocenters. The minimum atomic E-state index is 0.979. The van der Waals surface area contributed by atoms with Crippen LogP contribution >= 0.6 is 0 Å². The van der Waals surface area contributed by atoms with E-state index in [9.17, 15) is 0 Å². The third-order valence-electron chi connectivity index (χ3n) is 1.51. The summed E-state index contributed by atoms with van der Waals surface area (Å²) in [7, 11) is 0. The van der Waals surface area contributed by atoms with Crippen LogP contribution in [0.4, 0.5) is 0 Å². The molecule has 0 amide bonds. The number of hydrogen-bond donors (Lipinski definition) is 0. The third kappa shape index (κ3) is 2.63. The Balaban J connectivity index is 2.34. The Labute approximate surface area is 70.5 Å². The van der Waals surface area contributed by atoms with Crippen LogP contribution in [0, 0.1) is 0 Å². The molecule has 0 radical (unpaired) electrons. The molecular weight excluding hydrogens is 242 g/mol. The summed E-state index contributed by atoms with van der Waals surface area (Å²) in [6, 6.07) is 0. The molecule has 0 N–H and O–H groups in total. The monoisotopic (exact) mass is 258 g/mol. The van der Waals surface area contributed by atoms with Gasteiger partial charge in [0, 0.05) is 0 Å². The van der Waals surface area contributed by atoms with Gasteiger partial charge in [0.2, 0.25) is 0 Å². The van der Waals surface area contributed by atoms with Crippen molar-refractivity contribution in [3.8, 4) is 0 Å². The van der Waals surface area contributed by atoms with Crippen LogP contribution in [-0.2, 0) is 0 Å². The maximum absolute atomic E-state index is 2.44. The van der Waals surface area contributed by atoms with Crippen LogP contribution in [0.25, 0.3) is 0 Å². The van der Waals surface area contributed by atoms with Crippen LogP contribution in [-0.4, -0.2) is 29.9 Å². The van der Waals surface area contributed by atoms with Crippen LogP contribution in [0.5, 0.6) is 0 Å². The van der Waals surface area contributed by atoms with E-state index in [0.29, 0.717) is 0 Å². The fourth-order valence-electron chi connectivity index (χ4n) is 1.26.